The molecule has 0 heterocycles. The average Bonchev–Trinajstić information content (AvgIpc) is 2.53. The predicted octanol–water partition coefficient (Wildman–Crippen LogP) is 2.85. The van der Waals surface area contributed by atoms with Crippen molar-refractivity contribution < 1.29 is 5.21 Å². The average molecular weight is 307 g/mol. The van der Waals surface area contributed by atoms with Gasteiger partial charge >= 0.3 is 0 Å². The Kier molecular flexibility index (Phi) is 5.94. The number of amidine groups is 1. The van der Waals surface area contributed by atoms with E-state index < -0.39 is 0 Å². The van der Waals surface area contributed by atoms with Crippen LogP contribution in [0.4, 0.5) is 0 Å². The summed E-state index contributed by atoms with van der Waals surface area (Å²) < 4.78 is 0. The molecule has 116 valence electrons. The molecule has 0 aromatic heterocycles. The van der Waals surface area contributed by atoms with Crippen molar-refractivity contribution in [1.29, 1.82) is 0 Å². The van der Waals surface area contributed by atoms with Gasteiger partial charge in [-0.25, -0.2) is 0 Å². The smallest absolute Gasteiger partial charge is 0.170 e. The summed E-state index contributed by atoms with van der Waals surface area (Å²) in [5.41, 5.74) is 8.82. The fourth-order valence-electron chi connectivity index (χ4n) is 2.91. The van der Waals surface area contributed by atoms with Crippen LogP contribution in [-0.2, 0) is 6.54 Å². The number of benzene rings is 1. The van der Waals surface area contributed by atoms with Gasteiger partial charge in [0.25, 0.3) is 0 Å². The lowest BCUT2D eigenvalue weighted by molar-refractivity contribution is 0.318. The molecule has 2 atom stereocenters. The Labute approximate surface area is 131 Å². The van der Waals surface area contributed by atoms with Gasteiger partial charge in [0.05, 0.1) is 0 Å². The molecule has 1 aromatic rings. The summed E-state index contributed by atoms with van der Waals surface area (Å²) in [5, 5.41) is 16.2. The first-order valence-electron chi connectivity index (χ1n) is 7.47. The molecule has 1 fully saturated rings. The van der Waals surface area contributed by atoms with Crippen molar-refractivity contribution in [3.05, 3.63) is 34.9 Å². The van der Waals surface area contributed by atoms with Crippen molar-refractivity contribution in [2.75, 3.05) is 6.26 Å². The molecule has 1 aliphatic rings. The van der Waals surface area contributed by atoms with Gasteiger partial charge in [-0.15, -0.1) is 0 Å². The second kappa shape index (κ2) is 7.71. The van der Waals surface area contributed by atoms with E-state index in [4.69, 9.17) is 10.9 Å². The van der Waals surface area contributed by atoms with E-state index in [9.17, 15) is 0 Å². The van der Waals surface area contributed by atoms with Crippen LogP contribution in [0.1, 0.15) is 42.4 Å². The lowest BCUT2D eigenvalue weighted by Gasteiger charge is -2.29. The first-order valence-corrected chi connectivity index (χ1v) is 8.76. The molecule has 0 spiro atoms. The van der Waals surface area contributed by atoms with E-state index in [1.807, 2.05) is 23.9 Å². The Morgan fingerprint density at radius 1 is 1.48 bits per heavy atom. The first-order chi connectivity index (χ1) is 10.1. The molecule has 2 unspecified atom stereocenters. The van der Waals surface area contributed by atoms with Crippen LogP contribution < -0.4 is 11.1 Å². The lowest BCUT2D eigenvalue weighted by Crippen LogP contribution is -2.34. The first kappa shape index (κ1) is 16.2. The zero-order valence-corrected chi connectivity index (χ0v) is 13.6. The van der Waals surface area contributed by atoms with Gasteiger partial charge in [0, 0.05) is 23.4 Å². The molecule has 1 saturated carbocycles. The van der Waals surface area contributed by atoms with Crippen molar-refractivity contribution in [2.45, 2.75) is 50.4 Å². The van der Waals surface area contributed by atoms with Gasteiger partial charge in [0.15, 0.2) is 5.84 Å². The van der Waals surface area contributed by atoms with Crippen molar-refractivity contribution >= 4 is 17.6 Å². The Hall–Kier alpha value is -1.20. The van der Waals surface area contributed by atoms with Crippen LogP contribution in [0.2, 0.25) is 0 Å². The monoisotopic (exact) mass is 307 g/mol. The number of hydrogen-bond acceptors (Lipinski definition) is 4. The van der Waals surface area contributed by atoms with Crippen molar-refractivity contribution in [3.63, 3.8) is 0 Å². The van der Waals surface area contributed by atoms with Crippen molar-refractivity contribution in [3.8, 4) is 0 Å². The molecule has 0 radical (unpaired) electrons. The lowest BCUT2D eigenvalue weighted by atomic mass is 9.94. The summed E-state index contributed by atoms with van der Waals surface area (Å²) in [6.45, 7) is 2.95. The van der Waals surface area contributed by atoms with E-state index in [-0.39, 0.29) is 5.84 Å². The number of thioether (sulfide) groups is 1. The van der Waals surface area contributed by atoms with Gasteiger partial charge in [0.2, 0.25) is 0 Å². The van der Waals surface area contributed by atoms with E-state index in [1.165, 1.54) is 36.8 Å². The molecule has 1 aromatic carbocycles. The standard InChI is InChI=1S/C16H25N3OS/c1-11-8-12(16(17)19-20)6-7-13(11)10-18-14-4-3-5-15(9-14)21-2/h6-8,14-15,18,20H,3-5,9-10H2,1-2H3,(H2,17,19). The van der Waals surface area contributed by atoms with Crippen LogP contribution in [0.25, 0.3) is 0 Å². The summed E-state index contributed by atoms with van der Waals surface area (Å²) in [6.07, 6.45) is 7.43. The normalized spacial score (nSPS) is 23.2. The molecule has 2 rings (SSSR count). The molecule has 0 saturated heterocycles. The van der Waals surface area contributed by atoms with Crippen molar-refractivity contribution in [2.24, 2.45) is 10.9 Å². The number of oxime groups is 1. The second-order valence-corrected chi connectivity index (χ2v) is 6.87. The van der Waals surface area contributed by atoms with E-state index in [0.717, 1.165) is 17.4 Å². The maximum Gasteiger partial charge on any atom is 0.170 e. The van der Waals surface area contributed by atoms with Gasteiger partial charge < -0.3 is 16.3 Å². The molecule has 1 aliphatic carbocycles. The Balaban J connectivity index is 1.94. The molecular formula is C16H25N3OS. The second-order valence-electron chi connectivity index (χ2n) is 5.73. The zero-order valence-electron chi connectivity index (χ0n) is 12.8. The van der Waals surface area contributed by atoms with Gasteiger partial charge in [-0.3, -0.25) is 0 Å². The Morgan fingerprint density at radius 3 is 2.95 bits per heavy atom. The SMILES string of the molecule is CSC1CCCC(NCc2ccc(/C(N)=N/O)cc2C)C1. The molecule has 0 bridgehead atoms. The highest BCUT2D eigenvalue weighted by atomic mass is 32.2. The highest BCUT2D eigenvalue weighted by Gasteiger charge is 2.20. The topological polar surface area (TPSA) is 70.6 Å². The van der Waals surface area contributed by atoms with E-state index in [2.05, 4.69) is 29.7 Å². The van der Waals surface area contributed by atoms with Crippen LogP contribution in [0.15, 0.2) is 23.4 Å². The molecule has 21 heavy (non-hydrogen) atoms. The minimum absolute atomic E-state index is 0.160. The Bertz CT molecular complexity index is 504. The fraction of sp³-hybridized carbons (Fsp3) is 0.562. The third-order valence-electron chi connectivity index (χ3n) is 4.29. The summed E-state index contributed by atoms with van der Waals surface area (Å²) >= 11 is 1.99. The number of nitrogens with zero attached hydrogens (tertiary/aromatic N) is 1. The molecular weight excluding hydrogens is 282 g/mol. The minimum atomic E-state index is 0.160. The van der Waals surface area contributed by atoms with E-state index >= 15 is 0 Å². The largest absolute Gasteiger partial charge is 0.409 e. The van der Waals surface area contributed by atoms with E-state index in [0.29, 0.717) is 6.04 Å². The number of aryl methyl sites for hydroxylation is 1. The predicted molar refractivity (Wildman–Crippen MR) is 90.1 cm³/mol. The van der Waals surface area contributed by atoms with Crippen LogP contribution in [0.5, 0.6) is 0 Å². The van der Waals surface area contributed by atoms with Crippen LogP contribution in [0, 0.1) is 6.92 Å². The number of nitrogens with one attached hydrogen (secondary N) is 1. The minimum Gasteiger partial charge on any atom is -0.409 e. The molecule has 5 heteroatoms. The Morgan fingerprint density at radius 2 is 2.29 bits per heavy atom. The highest BCUT2D eigenvalue weighted by molar-refractivity contribution is 7.99. The van der Waals surface area contributed by atoms with Gasteiger partial charge in [-0.2, -0.15) is 11.8 Å². The molecule has 0 amide bonds. The van der Waals surface area contributed by atoms with Crippen LogP contribution in [-0.4, -0.2) is 28.6 Å². The quantitative estimate of drug-likeness (QED) is 0.338. The summed E-state index contributed by atoms with van der Waals surface area (Å²) in [7, 11) is 0. The summed E-state index contributed by atoms with van der Waals surface area (Å²) in [6, 6.07) is 6.56. The number of rotatable bonds is 5. The molecule has 4 nitrogen and oxygen atoms in total. The van der Waals surface area contributed by atoms with E-state index in [1.54, 1.807) is 0 Å². The van der Waals surface area contributed by atoms with Crippen LogP contribution in [0.3, 0.4) is 0 Å². The van der Waals surface area contributed by atoms with Gasteiger partial charge in [0.1, 0.15) is 0 Å². The van der Waals surface area contributed by atoms with Crippen LogP contribution >= 0.6 is 11.8 Å². The van der Waals surface area contributed by atoms with Crippen molar-refractivity contribution in [1.82, 2.24) is 5.32 Å². The number of nitrogens with two attached hydrogens (primary N) is 1. The fourth-order valence-corrected chi connectivity index (χ4v) is 3.74. The maximum absolute atomic E-state index is 8.72. The molecule has 4 N–H and O–H groups in total. The highest BCUT2D eigenvalue weighted by Crippen LogP contribution is 2.27. The third-order valence-corrected chi connectivity index (χ3v) is 5.38. The van der Waals surface area contributed by atoms with Gasteiger partial charge in [-0.1, -0.05) is 23.7 Å². The summed E-state index contributed by atoms with van der Waals surface area (Å²) in [5.74, 6) is 0.160. The molecule has 0 aliphatic heterocycles. The maximum atomic E-state index is 8.72. The number of hydrogen-bond donors (Lipinski definition) is 3. The third kappa shape index (κ3) is 4.38. The van der Waals surface area contributed by atoms with Gasteiger partial charge in [-0.05, 0) is 49.6 Å². The zero-order chi connectivity index (χ0) is 15.2. The summed E-state index contributed by atoms with van der Waals surface area (Å²) in [4.78, 5) is 0.